The Labute approximate surface area is 140 Å². The number of carbonyl (C=O) groups excluding carboxylic acids is 1. The fourth-order valence-corrected chi connectivity index (χ4v) is 2.84. The quantitative estimate of drug-likeness (QED) is 0.711. The number of carbonyl (C=O) groups is 1. The average Bonchev–Trinajstić information content (AvgIpc) is 3.06. The van der Waals surface area contributed by atoms with Gasteiger partial charge in [-0.05, 0) is 68.9 Å². The Bertz CT molecular complexity index is 465. The molecule has 23 heavy (non-hydrogen) atoms. The standard InChI is InChI=1S/C19H30N2O2/c1-16(2)17-7-9-18(10-8-17)23-15-19(22)20-11-3-4-12-21-13-5-6-14-21/h7-10,16H,3-6,11-15H2,1-2H3,(H,20,22). The molecule has 1 fully saturated rings. The van der Waals surface area contributed by atoms with E-state index in [4.69, 9.17) is 4.74 Å². The van der Waals surface area contributed by atoms with Crippen LogP contribution in [0.15, 0.2) is 24.3 Å². The van der Waals surface area contributed by atoms with Crippen LogP contribution in [-0.2, 0) is 4.79 Å². The van der Waals surface area contributed by atoms with Gasteiger partial charge >= 0.3 is 0 Å². The van der Waals surface area contributed by atoms with Crippen LogP contribution in [0.3, 0.4) is 0 Å². The van der Waals surface area contributed by atoms with Gasteiger partial charge in [-0.3, -0.25) is 4.79 Å². The van der Waals surface area contributed by atoms with Gasteiger partial charge in [-0.25, -0.2) is 0 Å². The van der Waals surface area contributed by atoms with E-state index >= 15 is 0 Å². The number of rotatable bonds is 9. The fraction of sp³-hybridized carbons (Fsp3) is 0.632. The Kier molecular flexibility index (Phi) is 7.40. The summed E-state index contributed by atoms with van der Waals surface area (Å²) in [4.78, 5) is 14.3. The van der Waals surface area contributed by atoms with Gasteiger partial charge in [0.15, 0.2) is 6.61 Å². The summed E-state index contributed by atoms with van der Waals surface area (Å²) in [5.74, 6) is 1.21. The highest BCUT2D eigenvalue weighted by molar-refractivity contribution is 5.77. The first-order chi connectivity index (χ1) is 11.1. The van der Waals surface area contributed by atoms with Gasteiger partial charge in [-0.2, -0.15) is 0 Å². The van der Waals surface area contributed by atoms with Crippen LogP contribution in [-0.4, -0.2) is 43.6 Å². The van der Waals surface area contributed by atoms with E-state index < -0.39 is 0 Å². The normalized spacial score (nSPS) is 15.1. The van der Waals surface area contributed by atoms with Crippen molar-refractivity contribution in [2.45, 2.75) is 45.4 Å². The first-order valence-electron chi connectivity index (χ1n) is 8.87. The van der Waals surface area contributed by atoms with Crippen molar-refractivity contribution in [3.63, 3.8) is 0 Å². The summed E-state index contributed by atoms with van der Waals surface area (Å²) in [6.45, 7) is 8.80. The molecule has 0 unspecified atom stereocenters. The van der Waals surface area contributed by atoms with E-state index in [1.807, 2.05) is 12.1 Å². The molecular weight excluding hydrogens is 288 g/mol. The number of benzene rings is 1. The summed E-state index contributed by atoms with van der Waals surface area (Å²) in [5, 5.41) is 2.93. The van der Waals surface area contributed by atoms with Crippen molar-refractivity contribution >= 4 is 5.91 Å². The first-order valence-corrected chi connectivity index (χ1v) is 8.87. The van der Waals surface area contributed by atoms with Crippen molar-refractivity contribution in [3.05, 3.63) is 29.8 Å². The third kappa shape index (κ3) is 6.61. The van der Waals surface area contributed by atoms with Crippen molar-refractivity contribution < 1.29 is 9.53 Å². The third-order valence-electron chi connectivity index (χ3n) is 4.34. The third-order valence-corrected chi connectivity index (χ3v) is 4.34. The minimum Gasteiger partial charge on any atom is -0.484 e. The number of ether oxygens (including phenoxy) is 1. The van der Waals surface area contributed by atoms with Crippen LogP contribution >= 0.6 is 0 Å². The summed E-state index contributed by atoms with van der Waals surface area (Å²) in [6.07, 6.45) is 4.86. The van der Waals surface area contributed by atoms with E-state index in [2.05, 4.69) is 36.2 Å². The Balaban J connectivity index is 1.54. The maximum absolute atomic E-state index is 11.8. The summed E-state index contributed by atoms with van der Waals surface area (Å²) in [7, 11) is 0. The molecule has 4 heteroatoms. The first kappa shape index (κ1) is 17.8. The van der Waals surface area contributed by atoms with E-state index in [9.17, 15) is 4.79 Å². The molecule has 128 valence electrons. The minimum atomic E-state index is -0.0425. The second-order valence-electron chi connectivity index (χ2n) is 6.62. The van der Waals surface area contributed by atoms with Crippen LogP contribution in [0, 0.1) is 0 Å². The molecule has 4 nitrogen and oxygen atoms in total. The molecule has 1 aromatic rings. The van der Waals surface area contributed by atoms with Crippen molar-refractivity contribution in [3.8, 4) is 5.75 Å². The predicted octanol–water partition coefficient (Wildman–Crippen LogP) is 3.18. The molecule has 0 aromatic heterocycles. The molecule has 1 heterocycles. The summed E-state index contributed by atoms with van der Waals surface area (Å²) in [5.41, 5.74) is 1.28. The van der Waals surface area contributed by atoms with E-state index in [0.29, 0.717) is 5.92 Å². The molecule has 0 bridgehead atoms. The number of nitrogens with zero attached hydrogens (tertiary/aromatic N) is 1. The van der Waals surface area contributed by atoms with Crippen molar-refractivity contribution in [1.82, 2.24) is 10.2 Å². The lowest BCUT2D eigenvalue weighted by Crippen LogP contribution is -2.30. The zero-order chi connectivity index (χ0) is 16.5. The number of hydrogen-bond donors (Lipinski definition) is 1. The van der Waals surface area contributed by atoms with Crippen molar-refractivity contribution in [2.75, 3.05) is 32.8 Å². The Morgan fingerprint density at radius 1 is 1.17 bits per heavy atom. The monoisotopic (exact) mass is 318 g/mol. The summed E-state index contributed by atoms with van der Waals surface area (Å²) < 4.78 is 5.52. The van der Waals surface area contributed by atoms with Crippen LogP contribution in [0.5, 0.6) is 5.75 Å². The zero-order valence-corrected chi connectivity index (χ0v) is 14.5. The molecule has 1 amide bonds. The van der Waals surface area contributed by atoms with E-state index in [0.717, 1.165) is 31.7 Å². The van der Waals surface area contributed by atoms with Gasteiger partial charge in [0, 0.05) is 6.54 Å². The molecular formula is C19H30N2O2. The van der Waals surface area contributed by atoms with E-state index in [1.165, 1.54) is 31.5 Å². The van der Waals surface area contributed by atoms with Crippen LogP contribution in [0.2, 0.25) is 0 Å². The molecule has 0 spiro atoms. The second-order valence-corrected chi connectivity index (χ2v) is 6.62. The average molecular weight is 318 g/mol. The lowest BCUT2D eigenvalue weighted by atomic mass is 10.0. The molecule has 1 aliphatic rings. The highest BCUT2D eigenvalue weighted by atomic mass is 16.5. The summed E-state index contributed by atoms with van der Waals surface area (Å²) in [6, 6.07) is 7.96. The van der Waals surface area contributed by atoms with Gasteiger partial charge in [0.25, 0.3) is 5.91 Å². The van der Waals surface area contributed by atoms with Gasteiger partial charge in [-0.15, -0.1) is 0 Å². The molecule has 1 saturated heterocycles. The van der Waals surface area contributed by atoms with Gasteiger partial charge in [0.2, 0.25) is 0 Å². The number of unbranched alkanes of at least 4 members (excludes halogenated alkanes) is 1. The van der Waals surface area contributed by atoms with Gasteiger partial charge in [-0.1, -0.05) is 26.0 Å². The van der Waals surface area contributed by atoms with E-state index in [1.54, 1.807) is 0 Å². The van der Waals surface area contributed by atoms with Crippen LogP contribution in [0.25, 0.3) is 0 Å². The van der Waals surface area contributed by atoms with Crippen LogP contribution in [0.4, 0.5) is 0 Å². The molecule has 0 saturated carbocycles. The zero-order valence-electron chi connectivity index (χ0n) is 14.5. The Morgan fingerprint density at radius 2 is 1.87 bits per heavy atom. The second kappa shape index (κ2) is 9.56. The van der Waals surface area contributed by atoms with Gasteiger partial charge in [0.1, 0.15) is 5.75 Å². The molecule has 1 aliphatic heterocycles. The maximum atomic E-state index is 11.8. The predicted molar refractivity (Wildman–Crippen MR) is 93.9 cm³/mol. The fourth-order valence-electron chi connectivity index (χ4n) is 2.84. The lowest BCUT2D eigenvalue weighted by molar-refractivity contribution is -0.123. The summed E-state index contributed by atoms with van der Waals surface area (Å²) >= 11 is 0. The smallest absolute Gasteiger partial charge is 0.257 e. The SMILES string of the molecule is CC(C)c1ccc(OCC(=O)NCCCCN2CCCC2)cc1. The highest BCUT2D eigenvalue weighted by Crippen LogP contribution is 2.18. The number of hydrogen-bond acceptors (Lipinski definition) is 3. The molecule has 1 aromatic carbocycles. The Morgan fingerprint density at radius 3 is 2.52 bits per heavy atom. The van der Waals surface area contributed by atoms with Crippen LogP contribution in [0.1, 0.15) is 51.0 Å². The molecule has 2 rings (SSSR count). The van der Waals surface area contributed by atoms with Crippen molar-refractivity contribution in [2.24, 2.45) is 0 Å². The topological polar surface area (TPSA) is 41.6 Å². The maximum Gasteiger partial charge on any atom is 0.257 e. The number of likely N-dealkylation sites (tertiary alicyclic amines) is 1. The molecule has 0 aliphatic carbocycles. The number of amides is 1. The minimum absolute atomic E-state index is 0.0425. The Hall–Kier alpha value is -1.55. The molecule has 0 atom stereocenters. The van der Waals surface area contributed by atoms with Gasteiger partial charge < -0.3 is 15.0 Å². The largest absolute Gasteiger partial charge is 0.484 e. The molecule has 0 radical (unpaired) electrons. The van der Waals surface area contributed by atoms with Crippen molar-refractivity contribution in [1.29, 1.82) is 0 Å². The molecule has 1 N–H and O–H groups in total. The number of nitrogens with one attached hydrogen (secondary N) is 1. The highest BCUT2D eigenvalue weighted by Gasteiger charge is 2.10. The van der Waals surface area contributed by atoms with E-state index in [-0.39, 0.29) is 12.5 Å². The van der Waals surface area contributed by atoms with Crippen LogP contribution < -0.4 is 10.1 Å². The van der Waals surface area contributed by atoms with Gasteiger partial charge in [0.05, 0.1) is 0 Å². The lowest BCUT2D eigenvalue weighted by Gasteiger charge is -2.14.